The van der Waals surface area contributed by atoms with Crippen LogP contribution in [0.1, 0.15) is 21.8 Å². The molecule has 0 aliphatic rings. The highest BCUT2D eigenvalue weighted by Crippen LogP contribution is 2.33. The Bertz CT molecular complexity index is 793. The second kappa shape index (κ2) is 5.41. The Morgan fingerprint density at radius 3 is 2.52 bits per heavy atom. The van der Waals surface area contributed by atoms with Gasteiger partial charge < -0.3 is 5.32 Å². The third kappa shape index (κ3) is 2.61. The normalized spacial score (nSPS) is 11.0. The van der Waals surface area contributed by atoms with Crippen molar-refractivity contribution in [1.29, 1.82) is 0 Å². The van der Waals surface area contributed by atoms with E-state index >= 15 is 0 Å². The number of aromatic nitrogens is 2. The average molecular weight is 301 g/mol. The monoisotopic (exact) mass is 301 g/mol. The first-order valence-corrected chi connectivity index (χ1v) is 7.59. The predicted octanol–water partition coefficient (Wildman–Crippen LogP) is 4.08. The second-order valence-electron chi connectivity index (χ2n) is 5.01. The van der Waals surface area contributed by atoms with E-state index in [2.05, 4.69) is 29.1 Å². The van der Waals surface area contributed by atoms with E-state index in [1.165, 1.54) is 22.6 Å². The lowest BCUT2D eigenvalue weighted by molar-refractivity contribution is 0.627. The van der Waals surface area contributed by atoms with E-state index in [4.69, 9.17) is 0 Å². The van der Waals surface area contributed by atoms with Crippen LogP contribution in [0.2, 0.25) is 0 Å². The Labute approximate surface area is 126 Å². The van der Waals surface area contributed by atoms with E-state index < -0.39 is 0 Å². The van der Waals surface area contributed by atoms with Crippen LogP contribution in [0.5, 0.6) is 0 Å². The van der Waals surface area contributed by atoms with Gasteiger partial charge in [0.15, 0.2) is 0 Å². The Hall–Kier alpha value is -2.01. The van der Waals surface area contributed by atoms with Crippen molar-refractivity contribution in [3.05, 3.63) is 51.9 Å². The van der Waals surface area contributed by atoms with Gasteiger partial charge in [0.1, 0.15) is 22.3 Å². The first-order chi connectivity index (χ1) is 10.1. The second-order valence-corrected chi connectivity index (χ2v) is 6.21. The van der Waals surface area contributed by atoms with E-state index in [0.717, 1.165) is 27.4 Å². The van der Waals surface area contributed by atoms with E-state index in [-0.39, 0.29) is 5.82 Å². The summed E-state index contributed by atoms with van der Waals surface area (Å²) in [6.07, 6.45) is 0.598. The van der Waals surface area contributed by atoms with Crippen LogP contribution >= 0.6 is 11.3 Å². The van der Waals surface area contributed by atoms with Crippen LogP contribution in [-0.4, -0.2) is 17.0 Å². The predicted molar refractivity (Wildman–Crippen MR) is 85.6 cm³/mol. The molecule has 0 fully saturated rings. The maximum Gasteiger partial charge on any atom is 0.138 e. The van der Waals surface area contributed by atoms with Crippen LogP contribution in [0.3, 0.4) is 0 Å². The van der Waals surface area contributed by atoms with Crippen LogP contribution in [0.4, 0.5) is 10.2 Å². The fraction of sp³-hybridized carbons (Fsp3) is 0.250. The summed E-state index contributed by atoms with van der Waals surface area (Å²) in [6.45, 7) is 4.19. The third-order valence-corrected chi connectivity index (χ3v) is 4.69. The number of hydrogen-bond donors (Lipinski definition) is 1. The highest BCUT2D eigenvalue weighted by Gasteiger charge is 2.13. The molecule has 3 rings (SSSR count). The number of anilines is 1. The molecule has 2 heterocycles. The summed E-state index contributed by atoms with van der Waals surface area (Å²) in [5, 5.41) is 4.25. The highest BCUT2D eigenvalue weighted by atomic mass is 32.1. The Morgan fingerprint density at radius 2 is 1.86 bits per heavy atom. The molecule has 0 bridgehead atoms. The third-order valence-electron chi connectivity index (χ3n) is 3.59. The van der Waals surface area contributed by atoms with Gasteiger partial charge in [-0.25, -0.2) is 14.4 Å². The molecule has 108 valence electrons. The maximum absolute atomic E-state index is 13.0. The molecule has 0 amide bonds. The Morgan fingerprint density at radius 1 is 1.14 bits per heavy atom. The molecule has 5 heteroatoms. The quantitative estimate of drug-likeness (QED) is 0.792. The van der Waals surface area contributed by atoms with Crippen LogP contribution in [0.15, 0.2) is 24.3 Å². The number of hydrogen-bond acceptors (Lipinski definition) is 4. The largest absolute Gasteiger partial charge is 0.372 e. The van der Waals surface area contributed by atoms with Crippen molar-refractivity contribution in [3.8, 4) is 0 Å². The van der Waals surface area contributed by atoms with E-state index in [1.807, 2.05) is 7.05 Å². The summed E-state index contributed by atoms with van der Waals surface area (Å²) in [6, 6.07) is 6.47. The van der Waals surface area contributed by atoms with Gasteiger partial charge in [-0.3, -0.25) is 0 Å². The van der Waals surface area contributed by atoms with Gasteiger partial charge in [0.2, 0.25) is 0 Å². The fourth-order valence-electron chi connectivity index (χ4n) is 2.34. The molecule has 1 N–H and O–H groups in total. The highest BCUT2D eigenvalue weighted by molar-refractivity contribution is 7.18. The van der Waals surface area contributed by atoms with Gasteiger partial charge in [-0.05, 0) is 37.1 Å². The molecular formula is C16H16FN3S. The minimum absolute atomic E-state index is 0.226. The summed E-state index contributed by atoms with van der Waals surface area (Å²) in [5.74, 6) is 1.38. The first-order valence-electron chi connectivity index (χ1n) is 6.77. The smallest absolute Gasteiger partial charge is 0.138 e. The summed E-state index contributed by atoms with van der Waals surface area (Å²) in [4.78, 5) is 11.5. The number of aryl methyl sites for hydroxylation is 2. The molecule has 0 radical (unpaired) electrons. The zero-order chi connectivity index (χ0) is 15.0. The van der Waals surface area contributed by atoms with Gasteiger partial charge >= 0.3 is 0 Å². The van der Waals surface area contributed by atoms with Gasteiger partial charge in [0.25, 0.3) is 0 Å². The first kappa shape index (κ1) is 13.9. The van der Waals surface area contributed by atoms with Crippen molar-refractivity contribution < 1.29 is 4.39 Å². The number of rotatable bonds is 3. The lowest BCUT2D eigenvalue weighted by atomic mass is 10.1. The minimum atomic E-state index is -0.226. The van der Waals surface area contributed by atoms with Gasteiger partial charge in [0, 0.05) is 18.3 Å². The SMILES string of the molecule is CNc1nc(Cc2ccc(F)cc2)nc2sc(C)c(C)c12. The van der Waals surface area contributed by atoms with E-state index in [0.29, 0.717) is 6.42 Å². The van der Waals surface area contributed by atoms with Crippen LogP contribution in [-0.2, 0) is 6.42 Å². The van der Waals surface area contributed by atoms with Crippen molar-refractivity contribution in [2.24, 2.45) is 0 Å². The van der Waals surface area contributed by atoms with Crippen molar-refractivity contribution in [2.75, 3.05) is 12.4 Å². The van der Waals surface area contributed by atoms with Crippen molar-refractivity contribution in [1.82, 2.24) is 9.97 Å². The van der Waals surface area contributed by atoms with Gasteiger partial charge in [0.05, 0.1) is 5.39 Å². The number of fused-ring (bicyclic) bond motifs is 1. The van der Waals surface area contributed by atoms with Gasteiger partial charge in [-0.2, -0.15) is 0 Å². The number of benzene rings is 1. The number of nitrogens with zero attached hydrogens (tertiary/aromatic N) is 2. The summed E-state index contributed by atoms with van der Waals surface area (Å²) in [7, 11) is 1.87. The molecule has 3 nitrogen and oxygen atoms in total. The summed E-state index contributed by atoms with van der Waals surface area (Å²) in [5.41, 5.74) is 2.23. The van der Waals surface area contributed by atoms with Crippen molar-refractivity contribution >= 4 is 27.4 Å². The summed E-state index contributed by atoms with van der Waals surface area (Å²) >= 11 is 1.68. The zero-order valence-electron chi connectivity index (χ0n) is 12.2. The molecule has 3 aromatic rings. The molecule has 1 aromatic carbocycles. The molecular weight excluding hydrogens is 285 g/mol. The number of nitrogens with one attached hydrogen (secondary N) is 1. The molecule has 0 spiro atoms. The van der Waals surface area contributed by atoms with Crippen LogP contribution in [0, 0.1) is 19.7 Å². The van der Waals surface area contributed by atoms with E-state index in [1.54, 1.807) is 23.5 Å². The molecule has 2 aromatic heterocycles. The number of thiophene rings is 1. The lowest BCUT2D eigenvalue weighted by Gasteiger charge is -2.06. The van der Waals surface area contributed by atoms with Crippen molar-refractivity contribution in [2.45, 2.75) is 20.3 Å². The lowest BCUT2D eigenvalue weighted by Crippen LogP contribution is -2.02. The molecule has 21 heavy (non-hydrogen) atoms. The molecule has 0 atom stereocenters. The van der Waals surface area contributed by atoms with Gasteiger partial charge in [-0.15, -0.1) is 11.3 Å². The standard InChI is InChI=1S/C16H16FN3S/c1-9-10(2)21-16-14(9)15(18-3)19-13(20-16)8-11-4-6-12(17)7-5-11/h4-7H,8H2,1-3H3,(H,18,19,20). The summed E-state index contributed by atoms with van der Waals surface area (Å²) < 4.78 is 13.0. The van der Waals surface area contributed by atoms with Gasteiger partial charge in [-0.1, -0.05) is 12.1 Å². The van der Waals surface area contributed by atoms with E-state index in [9.17, 15) is 4.39 Å². The molecule has 0 unspecified atom stereocenters. The topological polar surface area (TPSA) is 37.8 Å². The van der Waals surface area contributed by atoms with Crippen LogP contribution in [0.25, 0.3) is 10.2 Å². The Kier molecular flexibility index (Phi) is 3.59. The fourth-order valence-corrected chi connectivity index (χ4v) is 3.39. The average Bonchev–Trinajstić information content (AvgIpc) is 2.76. The maximum atomic E-state index is 13.0. The molecule has 0 saturated heterocycles. The minimum Gasteiger partial charge on any atom is -0.372 e. The molecule has 0 aliphatic carbocycles. The van der Waals surface area contributed by atoms with Crippen molar-refractivity contribution in [3.63, 3.8) is 0 Å². The zero-order valence-corrected chi connectivity index (χ0v) is 13.0. The molecule has 0 saturated carbocycles. The number of halogens is 1. The Balaban J connectivity index is 2.05. The molecule has 0 aliphatic heterocycles. The van der Waals surface area contributed by atoms with Crippen LogP contribution < -0.4 is 5.32 Å².